The molecule has 11 nitrogen and oxygen atoms in total. The number of rotatable bonds is 8. The molecule has 0 fully saturated rings. The van der Waals surface area contributed by atoms with E-state index >= 15 is 0 Å². The zero-order chi connectivity index (χ0) is 28.7. The predicted octanol–water partition coefficient (Wildman–Crippen LogP) is 3.76. The highest BCUT2D eigenvalue weighted by atomic mass is 32.3. The highest BCUT2D eigenvalue weighted by molar-refractivity contribution is 8.02. The maximum atomic E-state index is 13.4. The average molecular weight is 573 g/mol. The van der Waals surface area contributed by atoms with E-state index < -0.39 is 10.1 Å². The number of hydrogen-bond acceptors (Lipinski definition) is 8. The first kappa shape index (κ1) is 26.7. The number of pyridine rings is 1. The Balaban J connectivity index is 1.45. The highest BCUT2D eigenvalue weighted by Gasteiger charge is 2.22. The number of fused-ring (bicyclic) bond motifs is 2. The second-order valence-electron chi connectivity index (χ2n) is 10.5. The van der Waals surface area contributed by atoms with Gasteiger partial charge in [-0.1, -0.05) is 12.1 Å². The molecule has 41 heavy (non-hydrogen) atoms. The zero-order valence-electron chi connectivity index (χ0n) is 23.2. The molecule has 4 aromatic heterocycles. The van der Waals surface area contributed by atoms with E-state index in [-0.39, 0.29) is 12.1 Å². The number of thiol groups is 1. The number of anilines is 3. The Morgan fingerprint density at radius 2 is 2.02 bits per heavy atom. The Morgan fingerprint density at radius 3 is 2.78 bits per heavy atom. The monoisotopic (exact) mass is 572 g/mol. The zero-order valence-corrected chi connectivity index (χ0v) is 24.1. The largest absolute Gasteiger partial charge is 0.464 e. The summed E-state index contributed by atoms with van der Waals surface area (Å²) in [4.78, 5) is 29.5. The van der Waals surface area contributed by atoms with Gasteiger partial charge in [-0.05, 0) is 71.1 Å². The van der Waals surface area contributed by atoms with Crippen molar-refractivity contribution in [2.75, 3.05) is 36.1 Å². The van der Waals surface area contributed by atoms with E-state index in [1.807, 2.05) is 12.1 Å². The Morgan fingerprint density at radius 1 is 1.17 bits per heavy atom. The first-order chi connectivity index (χ1) is 19.7. The fourth-order valence-electron chi connectivity index (χ4n) is 5.18. The van der Waals surface area contributed by atoms with Crippen LogP contribution in [0.3, 0.4) is 0 Å². The Hall–Kier alpha value is -4.55. The molecule has 1 aliphatic heterocycles. The number of allylic oxidation sites excluding steroid dienone is 1. The van der Waals surface area contributed by atoms with E-state index in [2.05, 4.69) is 50.7 Å². The molecule has 12 heteroatoms. The topological polar surface area (TPSA) is 123 Å². The maximum absolute atomic E-state index is 13.4. The van der Waals surface area contributed by atoms with Crippen LogP contribution in [-0.2, 0) is 29.6 Å². The van der Waals surface area contributed by atoms with Crippen LogP contribution in [0.5, 0.6) is 0 Å². The molecule has 212 valence electrons. The summed E-state index contributed by atoms with van der Waals surface area (Å²) < 4.78 is 24.2. The van der Waals surface area contributed by atoms with Crippen molar-refractivity contribution >= 4 is 38.6 Å². The fraction of sp³-hybridized carbons (Fsp3) is 0.241. The summed E-state index contributed by atoms with van der Waals surface area (Å²) in [7, 11) is -0.491. The molecule has 0 spiro atoms. The Labute approximate surface area is 238 Å². The van der Waals surface area contributed by atoms with Crippen LogP contribution in [0.15, 0.2) is 76.8 Å². The van der Waals surface area contributed by atoms with Gasteiger partial charge < -0.3 is 19.4 Å². The summed E-state index contributed by atoms with van der Waals surface area (Å²) in [5.41, 5.74) is 4.46. The SMILES string of the molecule is C=CCn1c(=O)c2cnc(Nc3cc4c(c(-c5ccco5)c3)CCN(C)C4)nc2n1-c1cccc(N[SH](C)(C)=O)n1. The van der Waals surface area contributed by atoms with Crippen molar-refractivity contribution in [2.45, 2.75) is 19.5 Å². The molecule has 5 heterocycles. The molecule has 1 aromatic carbocycles. The minimum absolute atomic E-state index is 0.238. The van der Waals surface area contributed by atoms with Gasteiger partial charge in [-0.3, -0.25) is 9.00 Å². The van der Waals surface area contributed by atoms with Crippen LogP contribution in [0.1, 0.15) is 11.1 Å². The lowest BCUT2D eigenvalue weighted by Crippen LogP contribution is -2.27. The lowest BCUT2D eigenvalue weighted by atomic mass is 9.92. The summed E-state index contributed by atoms with van der Waals surface area (Å²) in [6.07, 6.45) is 9.02. The number of likely N-dealkylation sites (N-methyl/N-ethyl adjacent to an activating group) is 1. The van der Waals surface area contributed by atoms with Crippen molar-refractivity contribution in [3.8, 4) is 17.1 Å². The van der Waals surface area contributed by atoms with E-state index in [9.17, 15) is 9.00 Å². The summed E-state index contributed by atoms with van der Waals surface area (Å²) in [6.45, 7) is 5.85. The van der Waals surface area contributed by atoms with Gasteiger partial charge in [0.1, 0.15) is 17.0 Å². The third-order valence-electron chi connectivity index (χ3n) is 6.88. The minimum Gasteiger partial charge on any atom is -0.464 e. The molecule has 0 radical (unpaired) electrons. The number of benzene rings is 1. The molecule has 0 bridgehead atoms. The number of aromatic nitrogens is 5. The van der Waals surface area contributed by atoms with Crippen molar-refractivity contribution in [3.63, 3.8) is 0 Å². The van der Waals surface area contributed by atoms with Gasteiger partial charge in [-0.2, -0.15) is 4.98 Å². The molecule has 1 aliphatic rings. The van der Waals surface area contributed by atoms with Crippen LogP contribution in [0.2, 0.25) is 0 Å². The number of furan rings is 1. The number of nitrogens with zero attached hydrogens (tertiary/aromatic N) is 6. The molecule has 0 amide bonds. The normalized spacial score (nSPS) is 14.1. The standard InChI is InChI=1S/C29H32N8O3S/c1-5-12-36-28(38)23-17-30-29(33-27(23)37(36)26-10-6-9-25(32-26)34-41(3,4)39)31-20-15-19-18-35(2)13-11-21(19)22(16-20)24-8-7-14-40-24/h5-10,14-17,41H,1,11-13,18H2,2-4H3,(H,30,31,33)(H,32,34,39). The lowest BCUT2D eigenvalue weighted by Gasteiger charge is -2.27. The van der Waals surface area contributed by atoms with Crippen molar-refractivity contribution in [1.82, 2.24) is 29.2 Å². The van der Waals surface area contributed by atoms with Gasteiger partial charge in [0, 0.05) is 43.0 Å². The van der Waals surface area contributed by atoms with Gasteiger partial charge >= 0.3 is 0 Å². The van der Waals surface area contributed by atoms with Crippen molar-refractivity contribution in [2.24, 2.45) is 0 Å². The molecule has 0 atom stereocenters. The molecule has 5 aromatic rings. The molecular formula is C29H32N8O3S. The van der Waals surface area contributed by atoms with E-state index in [4.69, 9.17) is 9.40 Å². The minimum atomic E-state index is -2.60. The molecule has 0 saturated carbocycles. The van der Waals surface area contributed by atoms with Crippen LogP contribution in [-0.4, -0.2) is 59.5 Å². The summed E-state index contributed by atoms with van der Waals surface area (Å²) in [6, 6.07) is 13.3. The van der Waals surface area contributed by atoms with Gasteiger partial charge in [0.25, 0.3) is 5.56 Å². The van der Waals surface area contributed by atoms with Gasteiger partial charge in [-0.25, -0.2) is 19.3 Å². The average Bonchev–Trinajstić information content (AvgIpc) is 3.55. The predicted molar refractivity (Wildman–Crippen MR) is 164 cm³/mol. The molecule has 6 rings (SSSR count). The Kier molecular flexibility index (Phi) is 6.80. The van der Waals surface area contributed by atoms with Crippen LogP contribution in [0.25, 0.3) is 28.2 Å². The molecular weight excluding hydrogens is 540 g/mol. The van der Waals surface area contributed by atoms with E-state index in [0.717, 1.165) is 36.5 Å². The second-order valence-corrected chi connectivity index (χ2v) is 13.4. The fourth-order valence-corrected chi connectivity index (χ4v) is 5.86. The van der Waals surface area contributed by atoms with Crippen LogP contribution in [0.4, 0.5) is 17.5 Å². The summed E-state index contributed by atoms with van der Waals surface area (Å²) in [5.74, 6) is 2.02. The molecule has 0 saturated heterocycles. The second kappa shape index (κ2) is 10.5. The van der Waals surface area contributed by atoms with Gasteiger partial charge in [0.15, 0.2) is 11.5 Å². The molecule has 0 unspecified atom stereocenters. The lowest BCUT2D eigenvalue weighted by molar-refractivity contribution is 0.313. The number of hydrogen-bond donors (Lipinski definition) is 3. The van der Waals surface area contributed by atoms with Crippen molar-refractivity contribution in [3.05, 3.63) is 89.1 Å². The Bertz CT molecular complexity index is 1870. The third kappa shape index (κ3) is 5.31. The summed E-state index contributed by atoms with van der Waals surface area (Å²) in [5, 5.41) is 3.69. The maximum Gasteiger partial charge on any atom is 0.278 e. The van der Waals surface area contributed by atoms with E-state index in [1.54, 1.807) is 47.7 Å². The van der Waals surface area contributed by atoms with E-state index in [0.29, 0.717) is 28.6 Å². The first-order valence-corrected chi connectivity index (χ1v) is 15.9. The van der Waals surface area contributed by atoms with E-state index in [1.165, 1.54) is 22.0 Å². The van der Waals surface area contributed by atoms with Crippen molar-refractivity contribution < 1.29 is 8.63 Å². The molecule has 2 N–H and O–H groups in total. The van der Waals surface area contributed by atoms with Gasteiger partial charge in [0.05, 0.1) is 12.8 Å². The van der Waals surface area contributed by atoms with Gasteiger partial charge in [0.2, 0.25) is 5.95 Å². The van der Waals surface area contributed by atoms with Crippen molar-refractivity contribution in [1.29, 1.82) is 0 Å². The highest BCUT2D eigenvalue weighted by Crippen LogP contribution is 2.34. The quantitative estimate of drug-likeness (QED) is 0.190. The smallest absolute Gasteiger partial charge is 0.278 e. The first-order valence-electron chi connectivity index (χ1n) is 13.3. The van der Waals surface area contributed by atoms with Crippen LogP contribution in [0, 0.1) is 0 Å². The van der Waals surface area contributed by atoms with Gasteiger partial charge in [-0.15, -0.1) is 6.58 Å². The van der Waals surface area contributed by atoms with Crippen LogP contribution >= 0.6 is 0 Å². The third-order valence-corrected chi connectivity index (χ3v) is 7.65. The van der Waals surface area contributed by atoms with Crippen LogP contribution < -0.4 is 15.6 Å². The molecule has 0 aliphatic carbocycles. The summed E-state index contributed by atoms with van der Waals surface area (Å²) >= 11 is 0. The number of nitrogens with one attached hydrogen (secondary N) is 2.